The quantitative estimate of drug-likeness (QED) is 0.732. The normalized spacial score (nSPS) is 10.3. The molecule has 0 saturated carbocycles. The van der Waals surface area contributed by atoms with Crippen LogP contribution in [0.5, 0.6) is 0 Å². The van der Waals surface area contributed by atoms with E-state index in [2.05, 4.69) is 4.74 Å². The van der Waals surface area contributed by atoms with E-state index >= 15 is 0 Å². The molecule has 0 heterocycles. The van der Waals surface area contributed by atoms with Gasteiger partial charge in [0.1, 0.15) is 0 Å². The topological polar surface area (TPSA) is 69.4 Å². The highest BCUT2D eigenvalue weighted by Crippen LogP contribution is 2.07. The molecule has 1 unspecified atom stereocenters. The smallest absolute Gasteiger partial charge is 0.306 e. The van der Waals surface area contributed by atoms with Crippen molar-refractivity contribution in [3.05, 3.63) is 0 Å². The van der Waals surface area contributed by atoms with Gasteiger partial charge in [-0.25, -0.2) is 0 Å². The van der Waals surface area contributed by atoms with Crippen LogP contribution in [0.3, 0.4) is 0 Å². The molecule has 0 rings (SSSR count). The van der Waals surface area contributed by atoms with Gasteiger partial charge in [-0.1, -0.05) is 6.92 Å². The van der Waals surface area contributed by atoms with Crippen molar-refractivity contribution in [1.82, 2.24) is 0 Å². The van der Waals surface area contributed by atoms with Crippen LogP contribution in [0.15, 0.2) is 0 Å². The first kappa shape index (κ1) is 18.3. The van der Waals surface area contributed by atoms with Gasteiger partial charge in [0.2, 0.25) is 5.91 Å². The minimum atomic E-state index is -0.446. The zero-order valence-electron chi connectivity index (χ0n) is 7.61. The maximum Gasteiger partial charge on any atom is 0.306 e. The van der Waals surface area contributed by atoms with Gasteiger partial charge in [0.25, 0.3) is 0 Å². The van der Waals surface area contributed by atoms with Crippen molar-refractivity contribution < 1.29 is 14.3 Å². The Morgan fingerprint density at radius 1 is 1.38 bits per heavy atom. The molecule has 1 atom stereocenters. The maximum absolute atomic E-state index is 10.7. The molecular formula is C7H15Cl2NO3. The van der Waals surface area contributed by atoms with Gasteiger partial charge in [-0.2, -0.15) is 0 Å². The highest BCUT2D eigenvalue weighted by Gasteiger charge is 2.17. The fourth-order valence-electron chi connectivity index (χ4n) is 0.731. The average Bonchev–Trinajstić information content (AvgIpc) is 1.99. The minimum absolute atomic E-state index is 0. The molecule has 0 spiro atoms. The van der Waals surface area contributed by atoms with E-state index in [-0.39, 0.29) is 37.2 Å². The second kappa shape index (κ2) is 9.61. The summed E-state index contributed by atoms with van der Waals surface area (Å²) in [4.78, 5) is 21.3. The molecule has 0 aromatic heterocycles. The molecule has 6 heteroatoms. The van der Waals surface area contributed by atoms with Gasteiger partial charge < -0.3 is 10.5 Å². The molecule has 13 heavy (non-hydrogen) atoms. The van der Waals surface area contributed by atoms with E-state index in [0.717, 1.165) is 0 Å². The van der Waals surface area contributed by atoms with E-state index < -0.39 is 11.9 Å². The molecule has 0 aliphatic heterocycles. The Labute approximate surface area is 90.0 Å². The number of primary amides is 1. The number of hydrogen-bond donors (Lipinski definition) is 1. The number of halogens is 2. The van der Waals surface area contributed by atoms with Crippen LogP contribution in [0, 0.1) is 5.92 Å². The molecule has 0 aliphatic carbocycles. The summed E-state index contributed by atoms with van der Waals surface area (Å²) in [5, 5.41) is 0. The molecule has 0 aliphatic rings. The lowest BCUT2D eigenvalue weighted by atomic mass is 10.0. The van der Waals surface area contributed by atoms with Crippen LogP contribution >= 0.6 is 24.8 Å². The van der Waals surface area contributed by atoms with Gasteiger partial charge in [-0.15, -0.1) is 24.8 Å². The zero-order valence-corrected chi connectivity index (χ0v) is 9.24. The number of rotatable bonds is 4. The third kappa shape index (κ3) is 7.87. The van der Waals surface area contributed by atoms with E-state index in [1.54, 1.807) is 6.92 Å². The van der Waals surface area contributed by atoms with E-state index in [1.165, 1.54) is 7.11 Å². The third-order valence-corrected chi connectivity index (χ3v) is 1.54. The molecule has 0 aromatic rings. The molecule has 0 fully saturated rings. The number of nitrogens with two attached hydrogens (primary N) is 1. The molecule has 2 N–H and O–H groups in total. The fourth-order valence-corrected chi connectivity index (χ4v) is 0.731. The van der Waals surface area contributed by atoms with E-state index in [4.69, 9.17) is 5.73 Å². The minimum Gasteiger partial charge on any atom is -0.469 e. The van der Waals surface area contributed by atoms with Crippen molar-refractivity contribution in [2.75, 3.05) is 7.11 Å². The summed E-state index contributed by atoms with van der Waals surface area (Å²) in [5.74, 6) is -1.23. The Morgan fingerprint density at radius 3 is 2.08 bits per heavy atom. The first-order chi connectivity index (χ1) is 5.11. The molecule has 0 radical (unpaired) electrons. The summed E-state index contributed by atoms with van der Waals surface area (Å²) < 4.78 is 4.39. The number of esters is 1. The van der Waals surface area contributed by atoms with E-state index in [9.17, 15) is 9.59 Å². The number of methoxy groups -OCH3 is 1. The van der Waals surface area contributed by atoms with E-state index in [0.29, 0.717) is 6.42 Å². The lowest BCUT2D eigenvalue weighted by Gasteiger charge is -2.07. The molecule has 0 aromatic carbocycles. The summed E-state index contributed by atoms with van der Waals surface area (Å²) in [7, 11) is 1.29. The van der Waals surface area contributed by atoms with Gasteiger partial charge in [0.05, 0.1) is 13.5 Å². The van der Waals surface area contributed by atoms with Crippen molar-refractivity contribution in [3.8, 4) is 0 Å². The standard InChI is InChI=1S/C7H13NO3.2ClH/c1-3-5(7(8)10)4-6(9)11-2;;/h5H,3-4H2,1-2H3,(H2,8,10);2*1H. The van der Waals surface area contributed by atoms with Crippen molar-refractivity contribution >= 4 is 36.7 Å². The Kier molecular flexibility index (Phi) is 13.5. The molecule has 0 bridgehead atoms. The number of amides is 1. The van der Waals surface area contributed by atoms with Crippen LogP contribution in [0.2, 0.25) is 0 Å². The van der Waals surface area contributed by atoms with Crippen molar-refractivity contribution in [1.29, 1.82) is 0 Å². The highest BCUT2D eigenvalue weighted by molar-refractivity contribution is 5.85. The highest BCUT2D eigenvalue weighted by atomic mass is 35.5. The van der Waals surface area contributed by atoms with Crippen molar-refractivity contribution in [3.63, 3.8) is 0 Å². The number of carbonyl (C=O) groups excluding carboxylic acids is 2. The summed E-state index contributed by atoms with van der Waals surface area (Å²) in [6.45, 7) is 1.80. The van der Waals surface area contributed by atoms with Gasteiger partial charge in [-0.3, -0.25) is 9.59 Å². The fraction of sp³-hybridized carbons (Fsp3) is 0.714. The first-order valence-electron chi connectivity index (χ1n) is 3.48. The number of ether oxygens (including phenoxy) is 1. The van der Waals surface area contributed by atoms with Crippen molar-refractivity contribution in [2.45, 2.75) is 19.8 Å². The first-order valence-corrected chi connectivity index (χ1v) is 3.48. The number of hydrogen-bond acceptors (Lipinski definition) is 3. The predicted octanol–water partition coefficient (Wildman–Crippen LogP) is 0.905. The van der Waals surface area contributed by atoms with Crippen LogP contribution in [0.25, 0.3) is 0 Å². The zero-order chi connectivity index (χ0) is 8.85. The second-order valence-electron chi connectivity index (χ2n) is 2.29. The summed E-state index contributed by atoms with van der Waals surface area (Å²) >= 11 is 0. The van der Waals surface area contributed by atoms with Crippen LogP contribution in [-0.2, 0) is 14.3 Å². The van der Waals surface area contributed by atoms with Crippen LogP contribution in [0.1, 0.15) is 19.8 Å². The Bertz CT molecular complexity index is 164. The molecule has 1 amide bonds. The molecule has 4 nitrogen and oxygen atoms in total. The van der Waals surface area contributed by atoms with Gasteiger partial charge in [0.15, 0.2) is 0 Å². The van der Waals surface area contributed by atoms with Gasteiger partial charge in [-0.05, 0) is 6.42 Å². The second-order valence-corrected chi connectivity index (χ2v) is 2.29. The third-order valence-electron chi connectivity index (χ3n) is 1.54. The Balaban J connectivity index is -0.000000500. The van der Waals surface area contributed by atoms with Crippen LogP contribution in [0.4, 0.5) is 0 Å². The van der Waals surface area contributed by atoms with E-state index in [1.807, 2.05) is 0 Å². The van der Waals surface area contributed by atoms with Crippen LogP contribution in [-0.4, -0.2) is 19.0 Å². The van der Waals surface area contributed by atoms with Crippen molar-refractivity contribution in [2.24, 2.45) is 11.7 Å². The molecule has 0 saturated heterocycles. The SMILES string of the molecule is CCC(CC(=O)OC)C(N)=O.Cl.Cl. The monoisotopic (exact) mass is 231 g/mol. The summed E-state index contributed by atoms with van der Waals surface area (Å²) in [5.41, 5.74) is 5.00. The summed E-state index contributed by atoms with van der Waals surface area (Å²) in [6.07, 6.45) is 0.659. The lowest BCUT2D eigenvalue weighted by Crippen LogP contribution is -2.25. The average molecular weight is 232 g/mol. The maximum atomic E-state index is 10.7. The van der Waals surface area contributed by atoms with Gasteiger partial charge >= 0.3 is 5.97 Å². The largest absolute Gasteiger partial charge is 0.469 e. The van der Waals surface area contributed by atoms with Gasteiger partial charge in [0, 0.05) is 5.92 Å². The molecular weight excluding hydrogens is 217 g/mol. The lowest BCUT2D eigenvalue weighted by molar-refractivity contribution is -0.143. The Morgan fingerprint density at radius 2 is 1.85 bits per heavy atom. The summed E-state index contributed by atoms with van der Waals surface area (Å²) in [6, 6.07) is 0. The predicted molar refractivity (Wildman–Crippen MR) is 54.1 cm³/mol. The Hall–Kier alpha value is -0.480. The van der Waals surface area contributed by atoms with Crippen LogP contribution < -0.4 is 5.73 Å². The number of carbonyl (C=O) groups is 2. The molecule has 80 valence electrons.